The van der Waals surface area contributed by atoms with Crippen LogP contribution in [0.3, 0.4) is 0 Å². The summed E-state index contributed by atoms with van der Waals surface area (Å²) in [6.45, 7) is -0.115. The molecule has 0 radical (unpaired) electrons. The van der Waals surface area contributed by atoms with E-state index < -0.39 is 5.54 Å². The van der Waals surface area contributed by atoms with Crippen LogP contribution in [0.25, 0.3) is 0 Å². The van der Waals surface area contributed by atoms with Crippen LogP contribution in [0, 0.1) is 0 Å². The van der Waals surface area contributed by atoms with Crippen molar-refractivity contribution in [2.24, 2.45) is 5.73 Å². The monoisotopic (exact) mass is 330 g/mol. The van der Waals surface area contributed by atoms with Gasteiger partial charge in [0.1, 0.15) is 5.54 Å². The van der Waals surface area contributed by atoms with E-state index in [1.165, 1.54) is 4.90 Å². The van der Waals surface area contributed by atoms with Crippen LogP contribution in [-0.4, -0.2) is 30.2 Å². The van der Waals surface area contributed by atoms with E-state index in [2.05, 4.69) is 0 Å². The second kappa shape index (κ2) is 7.25. The zero-order valence-electron chi connectivity index (χ0n) is 12.0. The van der Waals surface area contributed by atoms with E-state index in [1.807, 2.05) is 18.2 Å². The third kappa shape index (κ3) is 3.07. The number of nitrogens with zero attached hydrogens (tertiary/aromatic N) is 1. The van der Waals surface area contributed by atoms with Crippen molar-refractivity contribution in [1.82, 2.24) is 4.90 Å². The van der Waals surface area contributed by atoms with Crippen molar-refractivity contribution < 1.29 is 9.59 Å². The molecule has 0 saturated heterocycles. The molecule has 2 N–H and O–H groups in total. The maximum atomic E-state index is 12.6. The molecule has 0 spiro atoms. The predicted octanol–water partition coefficient (Wildman–Crippen LogP) is 2.52. The van der Waals surface area contributed by atoms with Crippen LogP contribution in [0.1, 0.15) is 31.2 Å². The molecule has 1 saturated carbocycles. The molecule has 1 aromatic rings. The minimum Gasteiger partial charge on any atom is -0.328 e. The van der Waals surface area contributed by atoms with Gasteiger partial charge >= 0.3 is 0 Å². The fourth-order valence-corrected chi connectivity index (χ4v) is 3.27. The minimum absolute atomic E-state index is 0. The van der Waals surface area contributed by atoms with Gasteiger partial charge in [0.2, 0.25) is 5.91 Å². The molecule has 1 unspecified atom stereocenters. The minimum atomic E-state index is -0.965. The van der Waals surface area contributed by atoms with Crippen molar-refractivity contribution >= 4 is 35.7 Å². The maximum absolute atomic E-state index is 12.6. The smallest absolute Gasteiger partial charge is 0.237 e. The molecule has 1 amide bonds. The average molecular weight is 331 g/mol. The van der Waals surface area contributed by atoms with Crippen molar-refractivity contribution in [3.8, 4) is 0 Å². The molecular weight excluding hydrogens is 311 g/mol. The van der Waals surface area contributed by atoms with Gasteiger partial charge in [-0.15, -0.1) is 12.4 Å². The summed E-state index contributed by atoms with van der Waals surface area (Å²) in [7, 11) is 1.64. The molecule has 1 atom stereocenters. The number of likely N-dealkylation sites (N-methyl/N-ethyl adjacent to an activating group) is 1. The van der Waals surface area contributed by atoms with E-state index in [4.69, 9.17) is 17.3 Å². The van der Waals surface area contributed by atoms with E-state index in [0.29, 0.717) is 23.4 Å². The van der Waals surface area contributed by atoms with Gasteiger partial charge in [-0.1, -0.05) is 29.8 Å². The molecule has 4 nitrogen and oxygen atoms in total. The van der Waals surface area contributed by atoms with Crippen LogP contribution in [0.4, 0.5) is 0 Å². The van der Waals surface area contributed by atoms with Crippen molar-refractivity contribution in [2.75, 3.05) is 13.6 Å². The summed E-state index contributed by atoms with van der Waals surface area (Å²) in [5.41, 5.74) is 5.20. The number of Topliss-reactive ketones (excluding diaryl/α,β-unsaturated/α-hetero) is 1. The number of carbonyl (C=O) groups is 2. The Labute approximate surface area is 136 Å². The third-order valence-electron chi connectivity index (χ3n) is 4.09. The standard InChI is InChI=1S/C15H19ClN2O2.ClH/c1-18(14(20)10-17)15(9-5-4-8-13(15)19)11-6-2-3-7-12(11)16;/h2-3,6-7H,4-5,8-10,17H2,1H3;1H. The Morgan fingerprint density at radius 2 is 2.05 bits per heavy atom. The van der Waals surface area contributed by atoms with Crippen molar-refractivity contribution in [3.05, 3.63) is 34.9 Å². The van der Waals surface area contributed by atoms with Gasteiger partial charge in [0.15, 0.2) is 5.78 Å². The van der Waals surface area contributed by atoms with Gasteiger partial charge in [-0.25, -0.2) is 0 Å². The summed E-state index contributed by atoms with van der Waals surface area (Å²) in [5, 5.41) is 0.513. The summed E-state index contributed by atoms with van der Waals surface area (Å²) in [6, 6.07) is 7.23. The first-order valence-electron chi connectivity index (χ1n) is 6.79. The highest BCUT2D eigenvalue weighted by atomic mass is 35.5. The van der Waals surface area contributed by atoms with Gasteiger partial charge in [-0.05, 0) is 25.3 Å². The van der Waals surface area contributed by atoms with Gasteiger partial charge in [-0.2, -0.15) is 0 Å². The zero-order valence-corrected chi connectivity index (χ0v) is 13.5. The lowest BCUT2D eigenvalue weighted by molar-refractivity contribution is -0.147. The Balaban J connectivity index is 0.00000220. The summed E-state index contributed by atoms with van der Waals surface area (Å²) < 4.78 is 0. The zero-order chi connectivity index (χ0) is 14.8. The molecule has 2 rings (SSSR count). The van der Waals surface area contributed by atoms with Crippen LogP contribution in [0.2, 0.25) is 5.02 Å². The molecule has 1 fully saturated rings. The van der Waals surface area contributed by atoms with Gasteiger partial charge < -0.3 is 10.6 Å². The van der Waals surface area contributed by atoms with E-state index in [0.717, 1.165) is 12.8 Å². The number of carbonyl (C=O) groups excluding carboxylic acids is 2. The first-order valence-corrected chi connectivity index (χ1v) is 7.17. The number of nitrogens with two attached hydrogens (primary N) is 1. The number of hydrogen-bond donors (Lipinski definition) is 1. The van der Waals surface area contributed by atoms with Gasteiger partial charge in [0, 0.05) is 24.1 Å². The highest BCUT2D eigenvalue weighted by Crippen LogP contribution is 2.42. The van der Waals surface area contributed by atoms with E-state index in [9.17, 15) is 9.59 Å². The molecular formula is C15H20Cl2N2O2. The summed E-state index contributed by atoms with van der Waals surface area (Å²) in [6.07, 6.45) is 2.81. The van der Waals surface area contributed by atoms with Crippen molar-refractivity contribution in [3.63, 3.8) is 0 Å². The average Bonchev–Trinajstić information content (AvgIpc) is 2.47. The molecule has 21 heavy (non-hydrogen) atoms. The van der Waals surface area contributed by atoms with E-state index in [-0.39, 0.29) is 30.6 Å². The Morgan fingerprint density at radius 3 is 2.62 bits per heavy atom. The summed E-state index contributed by atoms with van der Waals surface area (Å²) in [5.74, 6) is -0.207. The quantitative estimate of drug-likeness (QED) is 0.926. The van der Waals surface area contributed by atoms with Crippen molar-refractivity contribution in [2.45, 2.75) is 31.2 Å². The topological polar surface area (TPSA) is 63.4 Å². The Morgan fingerprint density at radius 1 is 1.38 bits per heavy atom. The summed E-state index contributed by atoms with van der Waals surface area (Å²) in [4.78, 5) is 26.2. The first-order chi connectivity index (χ1) is 9.54. The lowest BCUT2D eigenvalue weighted by atomic mass is 9.74. The van der Waals surface area contributed by atoms with Crippen LogP contribution in [-0.2, 0) is 15.1 Å². The highest BCUT2D eigenvalue weighted by Gasteiger charge is 2.47. The van der Waals surface area contributed by atoms with Gasteiger partial charge in [-0.3, -0.25) is 9.59 Å². The molecule has 0 aliphatic heterocycles. The molecule has 0 aromatic heterocycles. The molecule has 1 aliphatic rings. The molecule has 0 heterocycles. The first kappa shape index (κ1) is 18.0. The van der Waals surface area contributed by atoms with Crippen LogP contribution in [0.15, 0.2) is 24.3 Å². The lowest BCUT2D eigenvalue weighted by Gasteiger charge is -2.43. The maximum Gasteiger partial charge on any atom is 0.237 e. The second-order valence-electron chi connectivity index (χ2n) is 5.13. The van der Waals surface area contributed by atoms with E-state index in [1.54, 1.807) is 13.1 Å². The second-order valence-corrected chi connectivity index (χ2v) is 5.53. The fourth-order valence-electron chi connectivity index (χ4n) is 2.98. The fraction of sp³-hybridized carbons (Fsp3) is 0.467. The molecule has 1 aromatic carbocycles. The molecule has 116 valence electrons. The van der Waals surface area contributed by atoms with Crippen LogP contribution >= 0.6 is 24.0 Å². The number of hydrogen-bond acceptors (Lipinski definition) is 3. The number of ketones is 1. The molecule has 0 bridgehead atoms. The van der Waals surface area contributed by atoms with E-state index >= 15 is 0 Å². The number of benzene rings is 1. The van der Waals surface area contributed by atoms with Gasteiger partial charge in [0.05, 0.1) is 6.54 Å². The Bertz CT molecular complexity index is 536. The lowest BCUT2D eigenvalue weighted by Crippen LogP contribution is -2.55. The third-order valence-corrected chi connectivity index (χ3v) is 4.42. The van der Waals surface area contributed by atoms with Crippen molar-refractivity contribution in [1.29, 1.82) is 0 Å². The predicted molar refractivity (Wildman–Crippen MR) is 85.7 cm³/mol. The van der Waals surface area contributed by atoms with Crippen LogP contribution in [0.5, 0.6) is 0 Å². The molecule has 1 aliphatic carbocycles. The number of rotatable bonds is 3. The Kier molecular flexibility index (Phi) is 6.20. The number of amides is 1. The summed E-state index contributed by atoms with van der Waals surface area (Å²) >= 11 is 6.28. The molecule has 6 heteroatoms. The van der Waals surface area contributed by atoms with Crippen LogP contribution < -0.4 is 5.73 Å². The number of halogens is 2. The van der Waals surface area contributed by atoms with Gasteiger partial charge in [0.25, 0.3) is 0 Å². The SMILES string of the molecule is CN(C(=O)CN)C1(c2ccccc2Cl)CCCCC1=O.Cl. The Hall–Kier alpha value is -1.10. The normalized spacial score (nSPS) is 21.6. The largest absolute Gasteiger partial charge is 0.328 e. The highest BCUT2D eigenvalue weighted by molar-refractivity contribution is 6.31.